The van der Waals surface area contributed by atoms with E-state index in [0.29, 0.717) is 15.1 Å². The van der Waals surface area contributed by atoms with Crippen molar-refractivity contribution >= 4 is 39.4 Å². The number of carbonyl (C=O) groups is 2. The summed E-state index contributed by atoms with van der Waals surface area (Å²) in [6, 6.07) is 3.95. The molecular weight excluding hydrogens is 321 g/mol. The van der Waals surface area contributed by atoms with Crippen LogP contribution in [0.2, 0.25) is 5.02 Å². The van der Waals surface area contributed by atoms with Crippen LogP contribution in [0.4, 0.5) is 0 Å². The van der Waals surface area contributed by atoms with Crippen molar-refractivity contribution < 1.29 is 14.7 Å². The zero-order valence-corrected chi connectivity index (χ0v) is 11.7. The zero-order chi connectivity index (χ0) is 13.3. The number of rotatable bonds is 4. The third-order valence-electron chi connectivity index (χ3n) is 2.82. The quantitative estimate of drug-likeness (QED) is 0.891. The van der Waals surface area contributed by atoms with Crippen molar-refractivity contribution in [2.75, 3.05) is 0 Å². The van der Waals surface area contributed by atoms with E-state index in [4.69, 9.17) is 16.7 Å². The Morgan fingerprint density at radius 3 is 2.61 bits per heavy atom. The van der Waals surface area contributed by atoms with Crippen molar-refractivity contribution in [3.63, 3.8) is 0 Å². The van der Waals surface area contributed by atoms with Gasteiger partial charge < -0.3 is 10.4 Å². The molecule has 2 rings (SSSR count). The van der Waals surface area contributed by atoms with Gasteiger partial charge in [-0.3, -0.25) is 4.79 Å². The molecule has 0 aliphatic heterocycles. The van der Waals surface area contributed by atoms with E-state index in [1.165, 1.54) is 0 Å². The fourth-order valence-electron chi connectivity index (χ4n) is 1.70. The molecule has 1 saturated carbocycles. The molecule has 0 bridgehead atoms. The summed E-state index contributed by atoms with van der Waals surface area (Å²) in [5.74, 6) is -1.34. The first-order valence-electron chi connectivity index (χ1n) is 5.48. The van der Waals surface area contributed by atoms with Crippen LogP contribution in [0.3, 0.4) is 0 Å². The maximum atomic E-state index is 12.0. The normalized spacial score (nSPS) is 16.1. The van der Waals surface area contributed by atoms with Crippen LogP contribution in [0.1, 0.15) is 23.2 Å². The topological polar surface area (TPSA) is 66.4 Å². The summed E-state index contributed by atoms with van der Waals surface area (Å²) in [6.07, 6.45) is 1.69. The van der Waals surface area contributed by atoms with Crippen LogP contribution in [-0.4, -0.2) is 23.0 Å². The highest BCUT2D eigenvalue weighted by atomic mass is 79.9. The molecule has 4 nitrogen and oxygen atoms in total. The van der Waals surface area contributed by atoms with Crippen LogP contribution in [0.15, 0.2) is 22.7 Å². The molecule has 0 saturated heterocycles. The Labute approximate surface area is 117 Å². The summed E-state index contributed by atoms with van der Waals surface area (Å²) in [4.78, 5) is 23.0. The molecule has 1 amide bonds. The molecule has 0 radical (unpaired) electrons. The summed E-state index contributed by atoms with van der Waals surface area (Å²) >= 11 is 9.02. The lowest BCUT2D eigenvalue weighted by molar-refractivity contribution is -0.139. The molecule has 18 heavy (non-hydrogen) atoms. The van der Waals surface area contributed by atoms with Crippen LogP contribution in [0.5, 0.6) is 0 Å². The molecule has 1 aromatic carbocycles. The molecule has 1 fully saturated rings. The van der Waals surface area contributed by atoms with Crippen molar-refractivity contribution in [2.45, 2.75) is 18.9 Å². The predicted molar refractivity (Wildman–Crippen MR) is 70.8 cm³/mol. The van der Waals surface area contributed by atoms with Crippen molar-refractivity contribution in [3.8, 4) is 0 Å². The molecule has 1 aromatic rings. The fourth-order valence-corrected chi connectivity index (χ4v) is 2.57. The van der Waals surface area contributed by atoms with Gasteiger partial charge in [0.2, 0.25) is 0 Å². The van der Waals surface area contributed by atoms with Gasteiger partial charge in [-0.25, -0.2) is 4.79 Å². The number of amides is 1. The number of carboxylic acid groups (broad SMARTS) is 1. The zero-order valence-electron chi connectivity index (χ0n) is 9.32. The van der Waals surface area contributed by atoms with Gasteiger partial charge in [0.25, 0.3) is 5.91 Å². The molecule has 1 atom stereocenters. The van der Waals surface area contributed by atoms with E-state index < -0.39 is 17.9 Å². The van der Waals surface area contributed by atoms with Gasteiger partial charge in [-0.1, -0.05) is 11.6 Å². The van der Waals surface area contributed by atoms with Crippen molar-refractivity contribution in [2.24, 2.45) is 5.92 Å². The number of carbonyl (C=O) groups excluding carboxylic acids is 1. The van der Waals surface area contributed by atoms with Gasteiger partial charge in [-0.15, -0.1) is 0 Å². The molecule has 6 heteroatoms. The van der Waals surface area contributed by atoms with E-state index in [2.05, 4.69) is 21.2 Å². The van der Waals surface area contributed by atoms with Crippen LogP contribution in [0, 0.1) is 5.92 Å². The van der Waals surface area contributed by atoms with E-state index >= 15 is 0 Å². The van der Waals surface area contributed by atoms with E-state index in [0.717, 1.165) is 12.8 Å². The molecule has 0 spiro atoms. The number of aliphatic carboxylic acids is 1. The minimum absolute atomic E-state index is 0.0533. The van der Waals surface area contributed by atoms with Crippen LogP contribution < -0.4 is 5.32 Å². The Bertz CT molecular complexity index is 502. The molecule has 2 N–H and O–H groups in total. The third kappa shape index (κ3) is 3.03. The van der Waals surface area contributed by atoms with Crippen LogP contribution >= 0.6 is 27.5 Å². The van der Waals surface area contributed by atoms with Gasteiger partial charge in [0.1, 0.15) is 6.04 Å². The lowest BCUT2D eigenvalue weighted by Gasteiger charge is -2.14. The van der Waals surface area contributed by atoms with Gasteiger partial charge in [0.05, 0.1) is 5.56 Å². The number of nitrogens with one attached hydrogen (secondary N) is 1. The second-order valence-corrected chi connectivity index (χ2v) is 5.54. The van der Waals surface area contributed by atoms with E-state index in [-0.39, 0.29) is 5.92 Å². The Morgan fingerprint density at radius 1 is 1.44 bits per heavy atom. The Kier molecular flexibility index (Phi) is 3.92. The molecule has 1 unspecified atom stereocenters. The number of halogens is 2. The number of carboxylic acids is 1. The lowest BCUT2D eigenvalue weighted by Crippen LogP contribution is -2.42. The Morgan fingerprint density at radius 2 is 2.11 bits per heavy atom. The second-order valence-electron chi connectivity index (χ2n) is 4.25. The molecule has 96 valence electrons. The summed E-state index contributed by atoms with van der Waals surface area (Å²) in [5.41, 5.74) is 0.381. The van der Waals surface area contributed by atoms with Crippen molar-refractivity contribution in [3.05, 3.63) is 33.3 Å². The van der Waals surface area contributed by atoms with Gasteiger partial charge in [0, 0.05) is 9.50 Å². The molecule has 0 aromatic heterocycles. The Balaban J connectivity index is 2.13. The highest BCUT2D eigenvalue weighted by Crippen LogP contribution is 2.33. The summed E-state index contributed by atoms with van der Waals surface area (Å²) in [5, 5.41) is 12.1. The first-order valence-corrected chi connectivity index (χ1v) is 6.65. The first-order chi connectivity index (χ1) is 8.49. The van der Waals surface area contributed by atoms with Crippen LogP contribution in [0.25, 0.3) is 0 Å². The van der Waals surface area contributed by atoms with Gasteiger partial charge in [-0.2, -0.15) is 0 Å². The summed E-state index contributed by atoms with van der Waals surface area (Å²) < 4.78 is 0.549. The second kappa shape index (κ2) is 5.28. The Hall–Kier alpha value is -1.07. The average Bonchev–Trinajstić information content (AvgIpc) is 3.08. The molecule has 1 aliphatic carbocycles. The van der Waals surface area contributed by atoms with Crippen molar-refractivity contribution in [1.82, 2.24) is 5.32 Å². The van der Waals surface area contributed by atoms with Gasteiger partial charge >= 0.3 is 5.97 Å². The number of benzene rings is 1. The number of hydrogen-bond acceptors (Lipinski definition) is 2. The highest BCUT2D eigenvalue weighted by Gasteiger charge is 2.37. The van der Waals surface area contributed by atoms with Gasteiger partial charge in [0.15, 0.2) is 0 Å². The maximum Gasteiger partial charge on any atom is 0.326 e. The SMILES string of the molecule is O=C(NC(C(=O)O)C1CC1)c1ccc(Cl)cc1Br. The summed E-state index contributed by atoms with van der Waals surface area (Å²) in [7, 11) is 0. The molecule has 1 aliphatic rings. The summed E-state index contributed by atoms with van der Waals surface area (Å²) in [6.45, 7) is 0. The van der Waals surface area contributed by atoms with E-state index in [1.54, 1.807) is 18.2 Å². The smallest absolute Gasteiger partial charge is 0.326 e. The van der Waals surface area contributed by atoms with Crippen molar-refractivity contribution in [1.29, 1.82) is 0 Å². The van der Waals surface area contributed by atoms with E-state index in [9.17, 15) is 9.59 Å². The first kappa shape index (κ1) is 13.4. The third-order valence-corrected chi connectivity index (χ3v) is 3.71. The molecule has 0 heterocycles. The highest BCUT2D eigenvalue weighted by molar-refractivity contribution is 9.10. The number of hydrogen-bond donors (Lipinski definition) is 2. The lowest BCUT2D eigenvalue weighted by atomic mass is 10.1. The minimum atomic E-state index is -0.990. The standard InChI is InChI=1S/C12H11BrClNO3/c13-9-5-7(14)3-4-8(9)11(16)15-10(12(17)18)6-1-2-6/h3-6,10H,1-2H2,(H,15,16)(H,17,18). The van der Waals surface area contributed by atoms with E-state index in [1.807, 2.05) is 0 Å². The monoisotopic (exact) mass is 331 g/mol. The van der Waals surface area contributed by atoms with Crippen LogP contribution in [-0.2, 0) is 4.79 Å². The largest absolute Gasteiger partial charge is 0.480 e. The average molecular weight is 333 g/mol. The predicted octanol–water partition coefficient (Wildman–Crippen LogP) is 2.70. The van der Waals surface area contributed by atoms with Gasteiger partial charge in [-0.05, 0) is 52.9 Å². The molecular formula is C12H11BrClNO3. The minimum Gasteiger partial charge on any atom is -0.480 e. The fraction of sp³-hybridized carbons (Fsp3) is 0.333. The maximum absolute atomic E-state index is 12.0.